The van der Waals surface area contributed by atoms with Crippen LogP contribution in [0.4, 0.5) is 0 Å². The average molecular weight is 319 g/mol. The van der Waals surface area contributed by atoms with E-state index in [-0.39, 0.29) is 5.91 Å². The van der Waals surface area contributed by atoms with E-state index < -0.39 is 0 Å². The Morgan fingerprint density at radius 2 is 2.41 bits per heavy atom. The minimum absolute atomic E-state index is 0.201. The number of hydrogen-bond donors (Lipinski definition) is 0. The molecule has 6 nitrogen and oxygen atoms in total. The van der Waals surface area contributed by atoms with E-state index in [1.54, 1.807) is 28.4 Å². The van der Waals surface area contributed by atoms with Crippen LogP contribution in [0.25, 0.3) is 0 Å². The lowest BCUT2D eigenvalue weighted by molar-refractivity contribution is -0.132. The van der Waals surface area contributed by atoms with Gasteiger partial charge in [0.05, 0.1) is 23.4 Å². The summed E-state index contributed by atoms with van der Waals surface area (Å²) in [7, 11) is 0. The van der Waals surface area contributed by atoms with Crippen molar-refractivity contribution in [3.05, 3.63) is 28.5 Å². The number of likely N-dealkylation sites (tertiary alicyclic amines) is 1. The molecule has 0 aromatic carbocycles. The predicted molar refractivity (Wildman–Crippen MR) is 84.7 cm³/mol. The van der Waals surface area contributed by atoms with E-state index in [1.807, 2.05) is 4.90 Å². The summed E-state index contributed by atoms with van der Waals surface area (Å²) < 4.78 is 1.70. The molecule has 0 unspecified atom stereocenters. The minimum Gasteiger partial charge on any atom is -0.342 e. The molecule has 2 aromatic heterocycles. The standard InChI is InChI=1S/C15H21N5OS/c1-2-13-11-22-15(17-13)12-4-3-7-19(10-12)14(21)5-8-20-9-6-16-18-20/h6,9,11-12H,2-5,7-8,10H2,1H3/t12-/m0/s1. The average Bonchev–Trinajstić information content (AvgIpc) is 3.24. The van der Waals surface area contributed by atoms with Crippen LogP contribution in [0.3, 0.4) is 0 Å². The van der Waals surface area contributed by atoms with Crippen molar-refractivity contribution in [2.75, 3.05) is 13.1 Å². The molecule has 2 aromatic rings. The lowest BCUT2D eigenvalue weighted by Crippen LogP contribution is -2.39. The second-order valence-corrected chi connectivity index (χ2v) is 6.52. The van der Waals surface area contributed by atoms with Gasteiger partial charge in [-0.25, -0.2) is 4.98 Å². The predicted octanol–water partition coefficient (Wildman–Crippen LogP) is 2.09. The van der Waals surface area contributed by atoms with E-state index in [4.69, 9.17) is 4.98 Å². The van der Waals surface area contributed by atoms with Crippen LogP contribution < -0.4 is 0 Å². The highest BCUT2D eigenvalue weighted by molar-refractivity contribution is 7.09. The molecule has 118 valence electrons. The van der Waals surface area contributed by atoms with Gasteiger partial charge < -0.3 is 4.90 Å². The Morgan fingerprint density at radius 3 is 3.14 bits per heavy atom. The topological polar surface area (TPSA) is 63.9 Å². The number of thiazole rings is 1. The van der Waals surface area contributed by atoms with Crippen LogP contribution in [0.15, 0.2) is 17.8 Å². The highest BCUT2D eigenvalue weighted by atomic mass is 32.1. The van der Waals surface area contributed by atoms with Gasteiger partial charge in [-0.3, -0.25) is 9.48 Å². The van der Waals surface area contributed by atoms with Gasteiger partial charge in [0, 0.05) is 37.0 Å². The lowest BCUT2D eigenvalue weighted by Gasteiger charge is -2.32. The summed E-state index contributed by atoms with van der Waals surface area (Å²) >= 11 is 1.73. The van der Waals surface area contributed by atoms with Gasteiger partial charge in [-0.1, -0.05) is 12.1 Å². The molecule has 1 amide bonds. The molecule has 1 saturated heterocycles. The van der Waals surface area contributed by atoms with Gasteiger partial charge in [-0.2, -0.15) is 0 Å². The summed E-state index contributed by atoms with van der Waals surface area (Å²) in [4.78, 5) is 19.1. The molecule has 3 rings (SSSR count). The molecular weight excluding hydrogens is 298 g/mol. The second-order valence-electron chi connectivity index (χ2n) is 5.63. The monoisotopic (exact) mass is 319 g/mol. The number of aromatic nitrogens is 4. The molecule has 3 heterocycles. The fraction of sp³-hybridized carbons (Fsp3) is 0.600. The summed E-state index contributed by atoms with van der Waals surface area (Å²) in [6, 6.07) is 0. The van der Waals surface area contributed by atoms with Crippen molar-refractivity contribution in [1.82, 2.24) is 24.9 Å². The van der Waals surface area contributed by atoms with Crippen molar-refractivity contribution in [2.24, 2.45) is 0 Å². The van der Waals surface area contributed by atoms with Crippen molar-refractivity contribution in [3.63, 3.8) is 0 Å². The number of piperidine rings is 1. The largest absolute Gasteiger partial charge is 0.342 e. The van der Waals surface area contributed by atoms with Gasteiger partial charge in [0.25, 0.3) is 0 Å². The minimum atomic E-state index is 0.201. The van der Waals surface area contributed by atoms with E-state index in [1.165, 1.54) is 5.01 Å². The third-order valence-electron chi connectivity index (χ3n) is 4.08. The molecule has 22 heavy (non-hydrogen) atoms. The Hall–Kier alpha value is -1.76. The third kappa shape index (κ3) is 3.52. The van der Waals surface area contributed by atoms with E-state index in [9.17, 15) is 4.79 Å². The normalized spacial score (nSPS) is 18.6. The van der Waals surface area contributed by atoms with Crippen LogP contribution in [-0.4, -0.2) is 43.9 Å². The van der Waals surface area contributed by atoms with Crippen LogP contribution in [0.1, 0.15) is 42.8 Å². The number of aryl methyl sites for hydroxylation is 2. The van der Waals surface area contributed by atoms with Crippen LogP contribution in [0.2, 0.25) is 0 Å². The molecular formula is C15H21N5OS. The number of hydrogen-bond acceptors (Lipinski definition) is 5. The van der Waals surface area contributed by atoms with Gasteiger partial charge in [-0.15, -0.1) is 16.4 Å². The highest BCUT2D eigenvalue weighted by Crippen LogP contribution is 2.29. The van der Waals surface area contributed by atoms with Gasteiger partial charge in [0.2, 0.25) is 5.91 Å². The second kappa shape index (κ2) is 7.00. The van der Waals surface area contributed by atoms with Crippen LogP contribution in [-0.2, 0) is 17.8 Å². The van der Waals surface area contributed by atoms with Crippen LogP contribution >= 0.6 is 11.3 Å². The summed E-state index contributed by atoms with van der Waals surface area (Å²) in [5.74, 6) is 0.599. The summed E-state index contributed by atoms with van der Waals surface area (Å²) in [5.41, 5.74) is 1.16. The number of amides is 1. The lowest BCUT2D eigenvalue weighted by atomic mass is 9.98. The first-order valence-corrected chi connectivity index (χ1v) is 8.70. The van der Waals surface area contributed by atoms with Crippen molar-refractivity contribution in [2.45, 2.75) is 45.1 Å². The molecule has 7 heteroatoms. The Morgan fingerprint density at radius 1 is 1.50 bits per heavy atom. The Bertz CT molecular complexity index is 609. The molecule has 0 N–H and O–H groups in total. The van der Waals surface area contributed by atoms with Crippen molar-refractivity contribution >= 4 is 17.2 Å². The molecule has 0 aliphatic carbocycles. The van der Waals surface area contributed by atoms with E-state index in [0.717, 1.165) is 38.0 Å². The van der Waals surface area contributed by atoms with Crippen molar-refractivity contribution < 1.29 is 4.79 Å². The van der Waals surface area contributed by atoms with E-state index >= 15 is 0 Å². The fourth-order valence-corrected chi connectivity index (χ4v) is 3.83. The fourth-order valence-electron chi connectivity index (χ4n) is 2.80. The Labute approximate surface area is 134 Å². The summed E-state index contributed by atoms with van der Waals surface area (Å²) in [6.07, 6.45) is 7.06. The molecule has 1 atom stereocenters. The van der Waals surface area contributed by atoms with Crippen molar-refractivity contribution in [1.29, 1.82) is 0 Å². The number of carbonyl (C=O) groups excluding carboxylic acids is 1. The molecule has 0 bridgehead atoms. The third-order valence-corrected chi connectivity index (χ3v) is 5.14. The molecule has 1 aliphatic heterocycles. The summed E-state index contributed by atoms with van der Waals surface area (Å²) in [6.45, 7) is 4.38. The molecule has 1 aliphatic rings. The van der Waals surface area contributed by atoms with E-state index in [0.29, 0.717) is 18.9 Å². The first kappa shape index (κ1) is 15.1. The molecule has 0 saturated carbocycles. The molecule has 0 radical (unpaired) electrons. The van der Waals surface area contributed by atoms with E-state index in [2.05, 4.69) is 22.6 Å². The zero-order chi connectivity index (χ0) is 15.4. The van der Waals surface area contributed by atoms with Gasteiger partial charge in [0.1, 0.15) is 0 Å². The summed E-state index contributed by atoms with van der Waals surface area (Å²) in [5, 5.41) is 11.0. The maximum atomic E-state index is 12.4. The first-order valence-electron chi connectivity index (χ1n) is 7.82. The number of carbonyl (C=O) groups is 1. The Kier molecular flexibility index (Phi) is 4.82. The van der Waals surface area contributed by atoms with Gasteiger partial charge in [0.15, 0.2) is 0 Å². The first-order chi connectivity index (χ1) is 10.8. The maximum Gasteiger partial charge on any atom is 0.224 e. The zero-order valence-electron chi connectivity index (χ0n) is 12.8. The van der Waals surface area contributed by atoms with Gasteiger partial charge in [-0.05, 0) is 19.3 Å². The molecule has 1 fully saturated rings. The maximum absolute atomic E-state index is 12.4. The van der Waals surface area contributed by atoms with Gasteiger partial charge >= 0.3 is 0 Å². The quantitative estimate of drug-likeness (QED) is 0.846. The zero-order valence-corrected chi connectivity index (χ0v) is 13.6. The highest BCUT2D eigenvalue weighted by Gasteiger charge is 2.26. The SMILES string of the molecule is CCc1csc([C@H]2CCCN(C(=O)CCn3ccnn3)C2)n1. The van der Waals surface area contributed by atoms with Crippen molar-refractivity contribution in [3.8, 4) is 0 Å². The number of rotatable bonds is 5. The van der Waals surface area contributed by atoms with Crippen LogP contribution in [0, 0.1) is 0 Å². The number of nitrogens with zero attached hydrogens (tertiary/aromatic N) is 5. The molecule has 0 spiro atoms. The van der Waals surface area contributed by atoms with Crippen LogP contribution in [0.5, 0.6) is 0 Å². The Balaban J connectivity index is 1.56. The smallest absolute Gasteiger partial charge is 0.224 e.